The van der Waals surface area contributed by atoms with Crippen molar-refractivity contribution in [2.24, 2.45) is 0 Å². The predicted octanol–water partition coefficient (Wildman–Crippen LogP) is 1.71. The van der Waals surface area contributed by atoms with Crippen LogP contribution in [0.4, 0.5) is 0 Å². The molecule has 0 saturated carbocycles. The van der Waals surface area contributed by atoms with Crippen molar-refractivity contribution in [2.75, 3.05) is 26.2 Å². The molecule has 0 radical (unpaired) electrons. The van der Waals surface area contributed by atoms with Crippen molar-refractivity contribution in [2.45, 2.75) is 12.3 Å². The van der Waals surface area contributed by atoms with Crippen LogP contribution in [0.5, 0.6) is 0 Å². The lowest BCUT2D eigenvalue weighted by Crippen LogP contribution is -2.49. The highest BCUT2D eigenvalue weighted by molar-refractivity contribution is 5.84. The highest BCUT2D eigenvalue weighted by Gasteiger charge is 2.28. The van der Waals surface area contributed by atoms with Crippen LogP contribution in [-0.4, -0.2) is 53.3 Å². The molecule has 0 bridgehead atoms. The summed E-state index contributed by atoms with van der Waals surface area (Å²) in [7, 11) is 0. The molecule has 5 nitrogen and oxygen atoms in total. The minimum absolute atomic E-state index is 0.109. The van der Waals surface area contributed by atoms with Gasteiger partial charge in [0.2, 0.25) is 12.3 Å². The van der Waals surface area contributed by atoms with Crippen molar-refractivity contribution in [1.82, 2.24) is 14.8 Å². The second-order valence-corrected chi connectivity index (χ2v) is 5.96. The van der Waals surface area contributed by atoms with Gasteiger partial charge in [-0.1, -0.05) is 36.4 Å². The molecule has 1 aromatic heterocycles. The van der Waals surface area contributed by atoms with Crippen molar-refractivity contribution >= 4 is 12.3 Å². The molecule has 2 heterocycles. The summed E-state index contributed by atoms with van der Waals surface area (Å²) in [5.74, 6) is -0.138. The van der Waals surface area contributed by atoms with Crippen molar-refractivity contribution < 1.29 is 9.59 Å². The standard InChI is InChI=1S/C19H21N3O2/c23-15-21-10-12-22(13-11-21)19(24)18(16-6-2-1-3-7-16)14-17-8-4-5-9-20-17/h1-9,15,18H,10-14H2. The van der Waals surface area contributed by atoms with E-state index in [1.807, 2.05) is 53.4 Å². The molecular formula is C19H21N3O2. The highest BCUT2D eigenvalue weighted by atomic mass is 16.2. The van der Waals surface area contributed by atoms with Crippen LogP contribution in [0.2, 0.25) is 0 Å². The van der Waals surface area contributed by atoms with Crippen molar-refractivity contribution in [3.05, 3.63) is 66.0 Å². The normalized spacial score (nSPS) is 15.8. The van der Waals surface area contributed by atoms with Crippen molar-refractivity contribution in [3.63, 3.8) is 0 Å². The maximum absolute atomic E-state index is 13.1. The molecule has 2 aromatic rings. The second-order valence-electron chi connectivity index (χ2n) is 5.96. The number of carbonyl (C=O) groups is 2. The average Bonchev–Trinajstić information content (AvgIpc) is 2.67. The van der Waals surface area contributed by atoms with Crippen LogP contribution in [0.15, 0.2) is 54.7 Å². The van der Waals surface area contributed by atoms with Crippen molar-refractivity contribution in [1.29, 1.82) is 0 Å². The Morgan fingerprint density at radius 2 is 1.75 bits per heavy atom. The van der Waals surface area contributed by atoms with E-state index < -0.39 is 0 Å². The van der Waals surface area contributed by atoms with Gasteiger partial charge >= 0.3 is 0 Å². The third-order valence-corrected chi connectivity index (χ3v) is 4.41. The van der Waals surface area contributed by atoms with Gasteiger partial charge in [-0.05, 0) is 17.7 Å². The second kappa shape index (κ2) is 7.73. The summed E-state index contributed by atoms with van der Waals surface area (Å²) < 4.78 is 0. The first-order valence-electron chi connectivity index (χ1n) is 8.21. The van der Waals surface area contributed by atoms with Gasteiger partial charge in [-0.3, -0.25) is 14.6 Å². The molecule has 1 fully saturated rings. The van der Waals surface area contributed by atoms with Crippen LogP contribution < -0.4 is 0 Å². The van der Waals surface area contributed by atoms with Gasteiger partial charge in [-0.25, -0.2) is 0 Å². The van der Waals surface area contributed by atoms with Crippen LogP contribution in [0.25, 0.3) is 0 Å². The van der Waals surface area contributed by atoms with Crippen LogP contribution in [0, 0.1) is 0 Å². The van der Waals surface area contributed by atoms with E-state index in [1.54, 1.807) is 11.1 Å². The fourth-order valence-corrected chi connectivity index (χ4v) is 3.03. The first kappa shape index (κ1) is 16.2. The number of piperazine rings is 1. The van der Waals surface area contributed by atoms with E-state index in [-0.39, 0.29) is 11.8 Å². The van der Waals surface area contributed by atoms with E-state index in [9.17, 15) is 9.59 Å². The molecule has 1 unspecified atom stereocenters. The van der Waals surface area contributed by atoms with Gasteiger partial charge in [0.05, 0.1) is 5.92 Å². The van der Waals surface area contributed by atoms with Crippen LogP contribution in [0.1, 0.15) is 17.2 Å². The molecule has 0 N–H and O–H groups in total. The highest BCUT2D eigenvalue weighted by Crippen LogP contribution is 2.23. The van der Waals surface area contributed by atoms with Gasteiger partial charge < -0.3 is 9.80 Å². The summed E-state index contributed by atoms with van der Waals surface area (Å²) in [4.78, 5) is 31.9. The van der Waals surface area contributed by atoms with E-state index >= 15 is 0 Å². The molecular weight excluding hydrogens is 302 g/mol. The van der Waals surface area contributed by atoms with Gasteiger partial charge in [0.15, 0.2) is 0 Å². The number of hydrogen-bond acceptors (Lipinski definition) is 3. The number of rotatable bonds is 5. The summed E-state index contributed by atoms with van der Waals surface area (Å²) in [6, 6.07) is 15.6. The predicted molar refractivity (Wildman–Crippen MR) is 91.3 cm³/mol. The summed E-state index contributed by atoms with van der Waals surface area (Å²) >= 11 is 0. The molecule has 24 heavy (non-hydrogen) atoms. The Morgan fingerprint density at radius 1 is 1.04 bits per heavy atom. The minimum Gasteiger partial charge on any atom is -0.342 e. The van der Waals surface area contributed by atoms with Crippen molar-refractivity contribution in [3.8, 4) is 0 Å². The van der Waals surface area contributed by atoms with E-state index in [0.29, 0.717) is 32.6 Å². The van der Waals surface area contributed by atoms with E-state index in [4.69, 9.17) is 0 Å². The molecule has 1 atom stereocenters. The molecule has 0 aliphatic carbocycles. The summed E-state index contributed by atoms with van der Waals surface area (Å²) in [6.07, 6.45) is 3.19. The number of amides is 2. The number of pyridine rings is 1. The molecule has 124 valence electrons. The van der Waals surface area contributed by atoms with Gasteiger partial charge in [0.1, 0.15) is 0 Å². The molecule has 1 aromatic carbocycles. The number of benzene rings is 1. The zero-order valence-corrected chi connectivity index (χ0v) is 13.5. The Kier molecular flexibility index (Phi) is 5.21. The number of nitrogens with zero attached hydrogens (tertiary/aromatic N) is 3. The number of hydrogen-bond donors (Lipinski definition) is 0. The minimum atomic E-state index is -0.246. The van der Waals surface area contributed by atoms with E-state index in [0.717, 1.165) is 17.7 Å². The maximum Gasteiger partial charge on any atom is 0.230 e. The lowest BCUT2D eigenvalue weighted by Gasteiger charge is -2.34. The first-order chi connectivity index (χ1) is 11.8. The lowest BCUT2D eigenvalue weighted by molar-refractivity contribution is -0.136. The fraction of sp³-hybridized carbons (Fsp3) is 0.316. The first-order valence-corrected chi connectivity index (χ1v) is 8.21. The molecule has 3 rings (SSSR count). The summed E-state index contributed by atoms with van der Waals surface area (Å²) in [5, 5.41) is 0. The third kappa shape index (κ3) is 3.79. The maximum atomic E-state index is 13.1. The Bertz CT molecular complexity index is 668. The average molecular weight is 323 g/mol. The van der Waals surface area contributed by atoms with Crippen LogP contribution in [0.3, 0.4) is 0 Å². The molecule has 5 heteroatoms. The van der Waals surface area contributed by atoms with E-state index in [1.165, 1.54) is 0 Å². The van der Waals surface area contributed by atoms with Crippen LogP contribution >= 0.6 is 0 Å². The van der Waals surface area contributed by atoms with Gasteiger partial charge in [0, 0.05) is 44.5 Å². The fourth-order valence-electron chi connectivity index (χ4n) is 3.03. The Balaban J connectivity index is 1.79. The zero-order valence-electron chi connectivity index (χ0n) is 13.5. The van der Waals surface area contributed by atoms with E-state index in [2.05, 4.69) is 4.98 Å². The SMILES string of the molecule is O=CN1CCN(C(=O)C(Cc2ccccn2)c2ccccc2)CC1. The Hall–Kier alpha value is -2.69. The summed E-state index contributed by atoms with van der Waals surface area (Å²) in [5.41, 5.74) is 1.91. The molecule has 1 saturated heterocycles. The number of carbonyl (C=O) groups excluding carboxylic acids is 2. The Morgan fingerprint density at radius 3 is 2.38 bits per heavy atom. The zero-order chi connectivity index (χ0) is 16.8. The molecule has 1 aliphatic heterocycles. The third-order valence-electron chi connectivity index (χ3n) is 4.41. The molecule has 2 amide bonds. The quantitative estimate of drug-likeness (QED) is 0.787. The Labute approximate surface area is 141 Å². The summed E-state index contributed by atoms with van der Waals surface area (Å²) in [6.45, 7) is 2.37. The van der Waals surface area contributed by atoms with Crippen LogP contribution in [-0.2, 0) is 16.0 Å². The molecule has 1 aliphatic rings. The monoisotopic (exact) mass is 323 g/mol. The van der Waals surface area contributed by atoms with Gasteiger partial charge in [0.25, 0.3) is 0 Å². The van der Waals surface area contributed by atoms with Gasteiger partial charge in [-0.15, -0.1) is 0 Å². The number of aromatic nitrogens is 1. The smallest absolute Gasteiger partial charge is 0.230 e. The topological polar surface area (TPSA) is 53.5 Å². The van der Waals surface area contributed by atoms with Gasteiger partial charge in [-0.2, -0.15) is 0 Å². The largest absolute Gasteiger partial charge is 0.342 e. The lowest BCUT2D eigenvalue weighted by atomic mass is 9.92. The molecule has 0 spiro atoms.